The molecule has 2 saturated heterocycles. The highest BCUT2D eigenvalue weighted by molar-refractivity contribution is 7.81. The molecule has 2 bridgehead atoms. The van der Waals surface area contributed by atoms with E-state index < -0.39 is 52.4 Å². The van der Waals surface area contributed by atoms with Crippen molar-refractivity contribution in [1.82, 2.24) is 5.06 Å². The quantitative estimate of drug-likeness (QED) is 0.531. The number of fused-ring (bicyclic) bond motifs is 5. The Morgan fingerprint density at radius 1 is 1.16 bits per heavy atom. The number of ether oxygens (including phenoxy) is 1. The molecule has 19 heavy (non-hydrogen) atoms. The minimum atomic E-state index is -5.16. The molecule has 0 aromatic rings. The van der Waals surface area contributed by atoms with E-state index >= 15 is 0 Å². The summed E-state index contributed by atoms with van der Waals surface area (Å²) < 4.78 is 56.3. The first kappa shape index (κ1) is 12.8. The van der Waals surface area contributed by atoms with Crippen LogP contribution in [0, 0.1) is 11.8 Å². The van der Waals surface area contributed by atoms with E-state index in [-0.39, 0.29) is 5.06 Å². The monoisotopic (exact) mass is 297 g/mol. The SMILES string of the molecule is O=C1C2C3C=CC(O3)C2C(=O)N1OS(=O)C(F)(F)F. The summed E-state index contributed by atoms with van der Waals surface area (Å²) in [6, 6.07) is 0. The Kier molecular flexibility index (Phi) is 2.60. The molecule has 5 unspecified atom stereocenters. The van der Waals surface area contributed by atoms with Crippen LogP contribution >= 0.6 is 0 Å². The largest absolute Gasteiger partial charge is 0.499 e. The molecule has 2 fully saturated rings. The highest BCUT2D eigenvalue weighted by Gasteiger charge is 2.62. The lowest BCUT2D eigenvalue weighted by atomic mass is 9.85. The van der Waals surface area contributed by atoms with Crippen LogP contribution in [0.25, 0.3) is 0 Å². The number of rotatable bonds is 2. The minimum Gasteiger partial charge on any atom is -0.365 e. The second-order valence-corrected chi connectivity index (χ2v) is 5.31. The van der Waals surface area contributed by atoms with E-state index in [0.29, 0.717) is 0 Å². The Morgan fingerprint density at radius 2 is 1.63 bits per heavy atom. The Bertz CT molecular complexity index is 488. The van der Waals surface area contributed by atoms with Crippen molar-refractivity contribution in [3.8, 4) is 0 Å². The van der Waals surface area contributed by atoms with Gasteiger partial charge in [-0.15, -0.1) is 5.06 Å². The number of carbonyl (C=O) groups is 2. The number of imide groups is 1. The Hall–Kier alpha value is -1.26. The zero-order valence-corrected chi connectivity index (χ0v) is 9.81. The summed E-state index contributed by atoms with van der Waals surface area (Å²) >= 11 is -3.76. The van der Waals surface area contributed by atoms with Crippen LogP contribution in [-0.2, 0) is 29.7 Å². The molecule has 6 nitrogen and oxygen atoms in total. The van der Waals surface area contributed by atoms with Crippen molar-refractivity contribution in [1.29, 1.82) is 0 Å². The van der Waals surface area contributed by atoms with E-state index in [0.717, 1.165) is 0 Å². The molecule has 3 aliphatic rings. The third kappa shape index (κ3) is 1.74. The molecule has 3 rings (SSSR count). The normalized spacial score (nSPS) is 38.2. The molecule has 0 aliphatic carbocycles. The zero-order valence-electron chi connectivity index (χ0n) is 8.99. The van der Waals surface area contributed by atoms with Gasteiger partial charge in [0.2, 0.25) is 0 Å². The van der Waals surface area contributed by atoms with Crippen molar-refractivity contribution in [3.05, 3.63) is 12.2 Å². The fraction of sp³-hybridized carbons (Fsp3) is 0.556. The molecule has 10 heteroatoms. The maximum absolute atomic E-state index is 12.1. The second-order valence-electron chi connectivity index (χ2n) is 4.23. The van der Waals surface area contributed by atoms with Crippen LogP contribution in [0.2, 0.25) is 0 Å². The van der Waals surface area contributed by atoms with Crippen molar-refractivity contribution < 1.29 is 36.0 Å². The highest BCUT2D eigenvalue weighted by Crippen LogP contribution is 2.45. The van der Waals surface area contributed by atoms with E-state index in [1.807, 2.05) is 0 Å². The van der Waals surface area contributed by atoms with Gasteiger partial charge in [-0.05, 0) is 0 Å². The van der Waals surface area contributed by atoms with Crippen molar-refractivity contribution >= 4 is 22.9 Å². The van der Waals surface area contributed by atoms with Gasteiger partial charge < -0.3 is 4.74 Å². The van der Waals surface area contributed by atoms with Gasteiger partial charge in [0.15, 0.2) is 0 Å². The third-order valence-corrected chi connectivity index (χ3v) is 3.86. The lowest BCUT2D eigenvalue weighted by molar-refractivity contribution is -0.169. The molecule has 104 valence electrons. The molecule has 5 atom stereocenters. The van der Waals surface area contributed by atoms with E-state index in [1.165, 1.54) is 0 Å². The molecule has 0 spiro atoms. The van der Waals surface area contributed by atoms with Gasteiger partial charge in [0.1, 0.15) is 0 Å². The molecule has 0 aromatic heterocycles. The van der Waals surface area contributed by atoms with E-state index in [1.54, 1.807) is 12.2 Å². The smallest absolute Gasteiger partial charge is 0.365 e. The Labute approximate surface area is 106 Å². The number of amides is 2. The van der Waals surface area contributed by atoms with Gasteiger partial charge in [-0.1, -0.05) is 12.2 Å². The van der Waals surface area contributed by atoms with Gasteiger partial charge >= 0.3 is 5.51 Å². The predicted octanol–water partition coefficient (Wildman–Crippen LogP) is 0.0399. The van der Waals surface area contributed by atoms with E-state index in [2.05, 4.69) is 4.28 Å². The fourth-order valence-electron chi connectivity index (χ4n) is 2.46. The standard InChI is InChI=1S/C9H6F3NO5S/c10-9(11,12)19(16)18-13-7(14)5-3-1-2-4(17-3)6(5)8(13)15/h1-6H. The first-order valence-electron chi connectivity index (χ1n) is 5.19. The fourth-order valence-corrected chi connectivity index (χ4v) is 2.83. The Balaban J connectivity index is 1.81. The average molecular weight is 297 g/mol. The van der Waals surface area contributed by atoms with Crippen LogP contribution in [0.4, 0.5) is 13.2 Å². The molecule has 2 amide bonds. The number of hydrogen-bond donors (Lipinski definition) is 0. The molecule has 3 aliphatic heterocycles. The number of hydroxylamine groups is 2. The van der Waals surface area contributed by atoms with Crippen molar-refractivity contribution in [2.45, 2.75) is 17.7 Å². The maximum atomic E-state index is 12.1. The summed E-state index contributed by atoms with van der Waals surface area (Å²) in [5.41, 5.74) is -5.16. The Morgan fingerprint density at radius 3 is 2.05 bits per heavy atom. The summed E-state index contributed by atoms with van der Waals surface area (Å²) in [5.74, 6) is -3.70. The lowest BCUT2D eigenvalue weighted by Crippen LogP contribution is -2.37. The first-order chi connectivity index (χ1) is 8.80. The number of hydrogen-bond acceptors (Lipinski definition) is 5. The van der Waals surface area contributed by atoms with Crippen molar-refractivity contribution in [2.75, 3.05) is 0 Å². The predicted molar refractivity (Wildman–Crippen MR) is 51.9 cm³/mol. The van der Waals surface area contributed by atoms with Gasteiger partial charge in [-0.25, -0.2) is 4.21 Å². The van der Waals surface area contributed by atoms with Crippen molar-refractivity contribution in [2.24, 2.45) is 11.8 Å². The number of alkyl halides is 3. The summed E-state index contributed by atoms with van der Waals surface area (Å²) in [7, 11) is 0. The highest BCUT2D eigenvalue weighted by atomic mass is 32.2. The molecular weight excluding hydrogens is 291 g/mol. The maximum Gasteiger partial charge on any atom is 0.499 e. The van der Waals surface area contributed by atoms with Crippen molar-refractivity contribution in [3.63, 3.8) is 0 Å². The third-order valence-electron chi connectivity index (χ3n) is 3.20. The van der Waals surface area contributed by atoms with Crippen LogP contribution in [0.3, 0.4) is 0 Å². The average Bonchev–Trinajstić information content (AvgIpc) is 2.97. The number of nitrogens with zero attached hydrogens (tertiary/aromatic N) is 1. The van der Waals surface area contributed by atoms with Gasteiger partial charge in [0.05, 0.1) is 24.0 Å². The van der Waals surface area contributed by atoms with E-state index in [4.69, 9.17) is 4.74 Å². The molecule has 0 N–H and O–H groups in total. The van der Waals surface area contributed by atoms with Gasteiger partial charge in [0.25, 0.3) is 22.9 Å². The van der Waals surface area contributed by atoms with Crippen LogP contribution in [0.15, 0.2) is 12.2 Å². The number of carbonyl (C=O) groups excluding carboxylic acids is 2. The van der Waals surface area contributed by atoms with Crippen LogP contribution in [-0.4, -0.2) is 38.8 Å². The molecular formula is C9H6F3NO5S. The summed E-state index contributed by atoms with van der Waals surface area (Å²) in [6.07, 6.45) is 1.86. The topological polar surface area (TPSA) is 72.9 Å². The van der Waals surface area contributed by atoms with Gasteiger partial charge in [-0.2, -0.15) is 17.5 Å². The van der Waals surface area contributed by atoms with Gasteiger partial charge in [0, 0.05) is 0 Å². The lowest BCUT2D eigenvalue weighted by Gasteiger charge is -2.16. The second kappa shape index (κ2) is 3.87. The van der Waals surface area contributed by atoms with Crippen LogP contribution in [0.5, 0.6) is 0 Å². The van der Waals surface area contributed by atoms with Crippen LogP contribution in [0.1, 0.15) is 0 Å². The molecule has 0 radical (unpaired) electrons. The van der Waals surface area contributed by atoms with E-state index in [9.17, 15) is 27.0 Å². The minimum absolute atomic E-state index is 0.0472. The summed E-state index contributed by atoms with van der Waals surface area (Å²) in [5, 5.41) is -0.0472. The molecule has 0 aromatic carbocycles. The van der Waals surface area contributed by atoms with Crippen LogP contribution < -0.4 is 0 Å². The summed E-state index contributed by atoms with van der Waals surface area (Å²) in [6.45, 7) is 0. The summed E-state index contributed by atoms with van der Waals surface area (Å²) in [4.78, 5) is 23.6. The van der Waals surface area contributed by atoms with Gasteiger partial charge in [-0.3, -0.25) is 9.59 Å². The molecule has 3 heterocycles. The molecule has 0 saturated carbocycles. The first-order valence-corrected chi connectivity index (χ1v) is 6.27. The number of halogens is 3. The zero-order chi connectivity index (χ0) is 13.9.